The van der Waals surface area contributed by atoms with E-state index in [1.165, 1.54) is 6.92 Å². The summed E-state index contributed by atoms with van der Waals surface area (Å²) >= 11 is 0. The molecule has 4 rings (SSSR count). The van der Waals surface area contributed by atoms with Gasteiger partial charge in [0, 0.05) is 30.6 Å². The zero-order valence-electron chi connectivity index (χ0n) is 26.1. The van der Waals surface area contributed by atoms with Gasteiger partial charge in [-0.15, -0.1) is 0 Å². The third kappa shape index (κ3) is 8.49. The Morgan fingerprint density at radius 2 is 1.69 bits per heavy atom. The van der Waals surface area contributed by atoms with Crippen LogP contribution in [0, 0.1) is 5.92 Å². The predicted molar refractivity (Wildman–Crippen MR) is 159 cm³/mol. The molecule has 2 aliphatic carbocycles. The van der Waals surface area contributed by atoms with E-state index in [1.54, 1.807) is 7.05 Å². The molecule has 14 atom stereocenters. The van der Waals surface area contributed by atoms with Crippen LogP contribution in [0.25, 0.3) is 0 Å². The smallest absolute Gasteiger partial charge is 0.185 e. The number of nitrogens with two attached hydrogens (primary N) is 3. The van der Waals surface area contributed by atoms with Crippen LogP contribution < -0.4 is 33.2 Å². The van der Waals surface area contributed by atoms with Gasteiger partial charge >= 0.3 is 0 Å². The van der Waals surface area contributed by atoms with Crippen molar-refractivity contribution in [3.63, 3.8) is 0 Å². The average molecular weight is 653 g/mol. The zero-order valence-corrected chi connectivity index (χ0v) is 26.1. The Bertz CT molecular complexity index is 920. The summed E-state index contributed by atoms with van der Waals surface area (Å²) < 4.78 is 23.7. The molecule has 2 aliphatic heterocycles. The molecule has 0 amide bonds. The highest BCUT2D eigenvalue weighted by atomic mass is 16.7. The van der Waals surface area contributed by atoms with Gasteiger partial charge in [-0.25, -0.2) is 0 Å². The van der Waals surface area contributed by atoms with Crippen molar-refractivity contribution < 1.29 is 54.7 Å². The lowest BCUT2D eigenvalue weighted by Crippen LogP contribution is -2.71. The van der Waals surface area contributed by atoms with Gasteiger partial charge in [0.05, 0.1) is 49.9 Å². The molecule has 2 heterocycles. The molecule has 17 nitrogen and oxygen atoms in total. The number of rotatable bonds is 14. The second-order valence-electron chi connectivity index (χ2n) is 13.5. The quantitative estimate of drug-likeness (QED) is 0.0613. The fraction of sp³-hybridized carbons (Fsp3) is 1.00. The molecule has 0 aromatic heterocycles. The van der Waals surface area contributed by atoms with E-state index in [2.05, 4.69) is 16.0 Å². The molecule has 4 aliphatic rings. The first-order chi connectivity index (χ1) is 21.2. The van der Waals surface area contributed by atoms with E-state index < -0.39 is 90.4 Å². The van der Waals surface area contributed by atoms with Gasteiger partial charge in [0.15, 0.2) is 6.29 Å². The third-order valence-electron chi connectivity index (χ3n) is 9.71. The Morgan fingerprint density at radius 1 is 0.978 bits per heavy atom. The number of likely N-dealkylation sites (N-methyl/N-ethyl adjacent to an activating group) is 1. The maximum Gasteiger partial charge on any atom is 0.185 e. The van der Waals surface area contributed by atoms with Crippen molar-refractivity contribution in [2.24, 2.45) is 23.1 Å². The van der Waals surface area contributed by atoms with Gasteiger partial charge in [-0.05, 0) is 52.7 Å². The molecule has 45 heavy (non-hydrogen) atoms. The Kier molecular flexibility index (Phi) is 13.0. The Labute approximate surface area is 263 Å². The zero-order chi connectivity index (χ0) is 33.1. The summed E-state index contributed by atoms with van der Waals surface area (Å²) in [5.74, 6) is -0.973. The first kappa shape index (κ1) is 37.1. The summed E-state index contributed by atoms with van der Waals surface area (Å²) in [5.41, 5.74) is 15.5. The van der Waals surface area contributed by atoms with E-state index in [-0.39, 0.29) is 39.0 Å². The lowest BCUT2D eigenvalue weighted by molar-refractivity contribution is -0.304. The molecule has 0 spiro atoms. The van der Waals surface area contributed by atoms with Crippen molar-refractivity contribution in [2.75, 3.05) is 46.6 Å². The lowest BCUT2D eigenvalue weighted by Gasteiger charge is -2.52. The molecule has 2 saturated carbocycles. The highest BCUT2D eigenvalue weighted by Crippen LogP contribution is 2.37. The van der Waals surface area contributed by atoms with Gasteiger partial charge in [0.2, 0.25) is 0 Å². The number of ether oxygens (including phenoxy) is 4. The van der Waals surface area contributed by atoms with Gasteiger partial charge in [-0.2, -0.15) is 0 Å². The normalized spacial score (nSPS) is 49.1. The second-order valence-corrected chi connectivity index (χ2v) is 13.5. The van der Waals surface area contributed by atoms with Crippen LogP contribution >= 0.6 is 0 Å². The lowest BCUT2D eigenvalue weighted by atomic mass is 9.72. The van der Waals surface area contributed by atoms with Crippen LogP contribution in [0.4, 0.5) is 0 Å². The van der Waals surface area contributed by atoms with Crippen molar-refractivity contribution in [1.82, 2.24) is 16.0 Å². The summed E-state index contributed by atoms with van der Waals surface area (Å²) in [6, 6.07) is -2.31. The topological polar surface area (TPSA) is 293 Å². The van der Waals surface area contributed by atoms with Crippen molar-refractivity contribution in [1.29, 1.82) is 0 Å². The molecule has 2 saturated heterocycles. The Balaban J connectivity index is 1.50. The molecular weight excluding hydrogens is 596 g/mol. The maximum absolute atomic E-state index is 11.8. The maximum atomic E-state index is 11.8. The molecule has 0 radical (unpaired) electrons. The predicted octanol–water partition coefficient (Wildman–Crippen LogP) is -6.29. The van der Waals surface area contributed by atoms with Crippen molar-refractivity contribution >= 4 is 0 Å². The van der Waals surface area contributed by atoms with Gasteiger partial charge in [0.25, 0.3) is 0 Å². The number of hydrogen-bond donors (Lipinski definition) is 13. The van der Waals surface area contributed by atoms with Crippen LogP contribution in [0.15, 0.2) is 0 Å². The summed E-state index contributed by atoms with van der Waals surface area (Å²) in [5, 5.41) is 85.6. The highest BCUT2D eigenvalue weighted by molar-refractivity contribution is 5.07. The van der Waals surface area contributed by atoms with Gasteiger partial charge in [-0.3, -0.25) is 5.32 Å². The largest absolute Gasteiger partial charge is 0.390 e. The van der Waals surface area contributed by atoms with E-state index >= 15 is 0 Å². The molecule has 4 fully saturated rings. The first-order valence-corrected chi connectivity index (χ1v) is 15.9. The van der Waals surface area contributed by atoms with Crippen molar-refractivity contribution in [2.45, 2.75) is 123 Å². The fourth-order valence-corrected chi connectivity index (χ4v) is 7.21. The molecule has 0 aromatic rings. The summed E-state index contributed by atoms with van der Waals surface area (Å²) in [7, 11) is 1.59. The van der Waals surface area contributed by atoms with Gasteiger partial charge in [-0.1, -0.05) is 0 Å². The standard InChI is InChI=1S/C28H56N6O11/c1-27(40)10-43-26(22(39)25(27)32-2)45-23-15(34-12-42-11-28(41)7-13(30)8-28)6-14(31)17(19(23)36)24-21(38)20(37)18(35)16(44-24)9-33-5-3-4-29/h13-26,32-41H,3-12,29-31H2,1-2H3. The van der Waals surface area contributed by atoms with Crippen LogP contribution in [-0.2, 0) is 18.9 Å². The van der Waals surface area contributed by atoms with Crippen LogP contribution in [0.2, 0.25) is 0 Å². The van der Waals surface area contributed by atoms with Crippen LogP contribution in [-0.4, -0.2) is 173 Å². The van der Waals surface area contributed by atoms with Gasteiger partial charge < -0.3 is 82.5 Å². The molecule has 14 unspecified atom stereocenters. The van der Waals surface area contributed by atoms with E-state index in [1.807, 2.05) is 0 Å². The number of nitrogens with one attached hydrogen (secondary N) is 3. The molecule has 17 heteroatoms. The Hall–Kier alpha value is -0.680. The summed E-state index contributed by atoms with van der Waals surface area (Å²) in [6.45, 7) is 2.56. The summed E-state index contributed by atoms with van der Waals surface area (Å²) in [6.07, 6.45) is -10.0. The monoisotopic (exact) mass is 652 g/mol. The average Bonchev–Trinajstić information content (AvgIpc) is 2.96. The van der Waals surface area contributed by atoms with E-state index in [0.29, 0.717) is 32.4 Å². The third-order valence-corrected chi connectivity index (χ3v) is 9.71. The molecule has 16 N–H and O–H groups in total. The van der Waals surface area contributed by atoms with E-state index in [9.17, 15) is 35.7 Å². The molecule has 0 aromatic carbocycles. The first-order valence-electron chi connectivity index (χ1n) is 15.9. The molecule has 264 valence electrons. The van der Waals surface area contributed by atoms with Crippen molar-refractivity contribution in [3.8, 4) is 0 Å². The second kappa shape index (κ2) is 15.7. The number of aliphatic hydroxyl groups excluding tert-OH is 5. The number of hydrogen-bond acceptors (Lipinski definition) is 17. The minimum Gasteiger partial charge on any atom is -0.390 e. The van der Waals surface area contributed by atoms with Crippen LogP contribution in [0.3, 0.4) is 0 Å². The van der Waals surface area contributed by atoms with E-state index in [4.69, 9.17) is 36.1 Å². The summed E-state index contributed by atoms with van der Waals surface area (Å²) in [4.78, 5) is 0. The van der Waals surface area contributed by atoms with Crippen LogP contribution in [0.5, 0.6) is 0 Å². The molecular formula is C28H56N6O11. The minimum absolute atomic E-state index is 0.0296. The molecule has 0 bridgehead atoms. The SMILES string of the molecule is CNC1C(O)C(OC2C(NCOCC3(O)CC(N)C3)CC(N)C(C3OC(CNCCCN)C(O)C(O)C3O)C2O)OCC1(C)O. The van der Waals surface area contributed by atoms with E-state index in [0.717, 1.165) is 0 Å². The minimum atomic E-state index is -1.57. The fourth-order valence-electron chi connectivity index (χ4n) is 7.21. The van der Waals surface area contributed by atoms with Crippen LogP contribution in [0.1, 0.15) is 32.6 Å². The van der Waals surface area contributed by atoms with Crippen molar-refractivity contribution in [3.05, 3.63) is 0 Å². The Morgan fingerprint density at radius 3 is 2.33 bits per heavy atom. The van der Waals surface area contributed by atoms with Gasteiger partial charge in [0.1, 0.15) is 36.1 Å². The number of aliphatic hydroxyl groups is 7. The highest BCUT2D eigenvalue weighted by Gasteiger charge is 2.56.